The Morgan fingerprint density at radius 1 is 1.31 bits per heavy atom. The van der Waals surface area contributed by atoms with Crippen LogP contribution in [0.2, 0.25) is 0 Å². The van der Waals surface area contributed by atoms with Gasteiger partial charge in [-0.1, -0.05) is 6.42 Å². The van der Waals surface area contributed by atoms with Crippen molar-refractivity contribution in [2.24, 2.45) is 5.92 Å². The Bertz CT molecular complexity index is 588. The van der Waals surface area contributed by atoms with E-state index in [9.17, 15) is 14.4 Å². The number of nitrogens with zero attached hydrogens (tertiary/aromatic N) is 1. The molecule has 0 aromatic heterocycles. The number of hydrogen-bond acceptors (Lipinski definition) is 5. The van der Waals surface area contributed by atoms with E-state index < -0.39 is 17.2 Å². The normalized spacial score (nSPS) is 31.9. The predicted octanol–water partition coefficient (Wildman–Crippen LogP) is 1.35. The number of amides is 4. The van der Waals surface area contributed by atoms with Crippen LogP contribution < -0.4 is 16.0 Å². The fourth-order valence-electron chi connectivity index (χ4n) is 4.27. The van der Waals surface area contributed by atoms with Crippen molar-refractivity contribution >= 4 is 18.0 Å². The summed E-state index contributed by atoms with van der Waals surface area (Å²) in [4.78, 5) is 37.9. The molecule has 2 saturated heterocycles. The second-order valence-electron chi connectivity index (χ2n) is 8.64. The minimum Gasteiger partial charge on any atom is -0.444 e. The minimum atomic E-state index is -0.760. The summed E-state index contributed by atoms with van der Waals surface area (Å²) in [5, 5.41) is 8.74. The van der Waals surface area contributed by atoms with Crippen molar-refractivity contribution in [2.75, 3.05) is 19.6 Å². The molecule has 1 saturated carbocycles. The first-order chi connectivity index (χ1) is 12.2. The van der Waals surface area contributed by atoms with Crippen LogP contribution in [0.15, 0.2) is 0 Å². The number of rotatable bonds is 3. The molecule has 3 atom stereocenters. The summed E-state index contributed by atoms with van der Waals surface area (Å²) in [5.74, 6) is -0.128. The highest BCUT2D eigenvalue weighted by molar-refractivity contribution is 6.07. The monoisotopic (exact) mass is 366 g/mol. The number of nitrogens with one attached hydrogen (secondary N) is 3. The third-order valence-electron chi connectivity index (χ3n) is 5.52. The largest absolute Gasteiger partial charge is 0.444 e. The minimum absolute atomic E-state index is 0.0749. The van der Waals surface area contributed by atoms with Crippen molar-refractivity contribution in [3.63, 3.8) is 0 Å². The highest BCUT2D eigenvalue weighted by atomic mass is 16.6. The van der Waals surface area contributed by atoms with E-state index in [-0.39, 0.29) is 24.0 Å². The third kappa shape index (κ3) is 3.95. The van der Waals surface area contributed by atoms with E-state index in [0.717, 1.165) is 25.7 Å². The van der Waals surface area contributed by atoms with Crippen molar-refractivity contribution in [3.8, 4) is 0 Å². The average molecular weight is 366 g/mol. The fourth-order valence-corrected chi connectivity index (χ4v) is 4.27. The van der Waals surface area contributed by atoms with Gasteiger partial charge >= 0.3 is 12.1 Å². The first kappa shape index (κ1) is 18.9. The maximum absolute atomic E-state index is 12.3. The predicted molar refractivity (Wildman–Crippen MR) is 95.6 cm³/mol. The number of hydrogen-bond donors (Lipinski definition) is 3. The van der Waals surface area contributed by atoms with Gasteiger partial charge in [0, 0.05) is 31.6 Å². The van der Waals surface area contributed by atoms with Gasteiger partial charge in [-0.25, -0.2) is 9.59 Å². The number of carbonyl (C=O) groups excluding carboxylic acids is 3. The number of likely N-dealkylation sites (tertiary alicyclic amines) is 1. The Balaban J connectivity index is 1.54. The molecule has 3 fully saturated rings. The van der Waals surface area contributed by atoms with Crippen LogP contribution in [0.5, 0.6) is 0 Å². The molecule has 3 aliphatic rings. The van der Waals surface area contributed by atoms with E-state index in [0.29, 0.717) is 26.1 Å². The average Bonchev–Trinajstić information content (AvgIpc) is 3.07. The summed E-state index contributed by atoms with van der Waals surface area (Å²) in [6, 6.07) is -0.218. The number of piperidine rings is 1. The molecule has 8 nitrogen and oxygen atoms in total. The van der Waals surface area contributed by atoms with E-state index in [4.69, 9.17) is 4.74 Å². The van der Waals surface area contributed by atoms with Crippen LogP contribution in [0.1, 0.15) is 52.9 Å². The first-order valence-electron chi connectivity index (χ1n) is 9.54. The molecule has 0 aromatic rings. The first-order valence-corrected chi connectivity index (χ1v) is 9.54. The molecule has 3 rings (SSSR count). The Morgan fingerprint density at radius 2 is 2.08 bits per heavy atom. The molecule has 1 aliphatic carbocycles. The van der Waals surface area contributed by atoms with Gasteiger partial charge in [-0.3, -0.25) is 10.1 Å². The SMILES string of the molecule is CC(C)(C)OC(=O)N1CCCC(NCC2CCCC23NC(=O)NC3=O)C1. The van der Waals surface area contributed by atoms with Gasteiger partial charge < -0.3 is 20.3 Å². The quantitative estimate of drug-likeness (QED) is 0.655. The molecule has 1 spiro atoms. The zero-order chi connectivity index (χ0) is 18.9. The lowest BCUT2D eigenvalue weighted by atomic mass is 9.86. The Morgan fingerprint density at radius 3 is 2.73 bits per heavy atom. The van der Waals surface area contributed by atoms with E-state index >= 15 is 0 Å². The summed E-state index contributed by atoms with van der Waals surface area (Å²) < 4.78 is 5.46. The van der Waals surface area contributed by atoms with E-state index in [2.05, 4.69) is 16.0 Å². The molecule has 3 unspecified atom stereocenters. The zero-order valence-electron chi connectivity index (χ0n) is 15.9. The Kier molecular flexibility index (Phi) is 5.14. The lowest BCUT2D eigenvalue weighted by molar-refractivity contribution is -0.125. The fraction of sp³-hybridized carbons (Fsp3) is 0.833. The van der Waals surface area contributed by atoms with Crippen LogP contribution in [0.4, 0.5) is 9.59 Å². The van der Waals surface area contributed by atoms with Gasteiger partial charge in [-0.15, -0.1) is 0 Å². The van der Waals surface area contributed by atoms with E-state index in [1.165, 1.54) is 0 Å². The van der Waals surface area contributed by atoms with E-state index in [1.807, 2.05) is 20.8 Å². The van der Waals surface area contributed by atoms with Crippen LogP contribution >= 0.6 is 0 Å². The molecule has 0 aromatic carbocycles. The van der Waals surface area contributed by atoms with Crippen LogP contribution in [0, 0.1) is 5.92 Å². The highest BCUT2D eigenvalue weighted by Crippen LogP contribution is 2.37. The van der Waals surface area contributed by atoms with Gasteiger partial charge in [0.1, 0.15) is 11.1 Å². The van der Waals surface area contributed by atoms with Crippen LogP contribution in [0.25, 0.3) is 0 Å². The summed E-state index contributed by atoms with van der Waals surface area (Å²) >= 11 is 0. The van der Waals surface area contributed by atoms with Crippen molar-refractivity contribution in [3.05, 3.63) is 0 Å². The maximum Gasteiger partial charge on any atom is 0.410 e. The van der Waals surface area contributed by atoms with Crippen molar-refractivity contribution < 1.29 is 19.1 Å². The standard InChI is InChI=1S/C18H30N4O4/c1-17(2,3)26-16(25)22-9-5-7-13(11-22)19-10-12-6-4-8-18(12)14(23)20-15(24)21-18/h12-13,19H,4-11H2,1-3H3,(H2,20,21,23,24). The van der Waals surface area contributed by atoms with Crippen molar-refractivity contribution in [1.82, 2.24) is 20.9 Å². The number of carbonyl (C=O) groups is 3. The van der Waals surface area contributed by atoms with Crippen LogP contribution in [-0.4, -0.2) is 59.7 Å². The molecule has 2 heterocycles. The lowest BCUT2D eigenvalue weighted by Gasteiger charge is -2.36. The van der Waals surface area contributed by atoms with Gasteiger partial charge in [0.05, 0.1) is 0 Å². The van der Waals surface area contributed by atoms with Gasteiger partial charge in [-0.05, 0) is 46.5 Å². The molecule has 3 N–H and O–H groups in total. The molecular formula is C18H30N4O4. The smallest absolute Gasteiger partial charge is 0.410 e. The van der Waals surface area contributed by atoms with Gasteiger partial charge in [-0.2, -0.15) is 0 Å². The van der Waals surface area contributed by atoms with Gasteiger partial charge in [0.15, 0.2) is 0 Å². The van der Waals surface area contributed by atoms with Gasteiger partial charge in [0.25, 0.3) is 5.91 Å². The lowest BCUT2D eigenvalue weighted by Crippen LogP contribution is -2.55. The molecular weight excluding hydrogens is 336 g/mol. The molecule has 8 heteroatoms. The summed E-state index contributed by atoms with van der Waals surface area (Å²) in [6.07, 6.45) is 4.15. The number of urea groups is 1. The molecule has 4 amide bonds. The van der Waals surface area contributed by atoms with Crippen LogP contribution in [-0.2, 0) is 9.53 Å². The summed E-state index contributed by atoms with van der Waals surface area (Å²) in [5.41, 5.74) is -1.26. The summed E-state index contributed by atoms with van der Waals surface area (Å²) in [7, 11) is 0. The molecule has 26 heavy (non-hydrogen) atoms. The zero-order valence-corrected chi connectivity index (χ0v) is 15.9. The van der Waals surface area contributed by atoms with Crippen LogP contribution in [0.3, 0.4) is 0 Å². The molecule has 0 bridgehead atoms. The summed E-state index contributed by atoms with van der Waals surface area (Å²) in [6.45, 7) is 7.56. The number of imide groups is 1. The molecule has 0 radical (unpaired) electrons. The molecule has 146 valence electrons. The topological polar surface area (TPSA) is 99.8 Å². The maximum atomic E-state index is 12.3. The Hall–Kier alpha value is -1.83. The van der Waals surface area contributed by atoms with Gasteiger partial charge in [0.2, 0.25) is 0 Å². The molecule has 2 aliphatic heterocycles. The second kappa shape index (κ2) is 7.06. The highest BCUT2D eigenvalue weighted by Gasteiger charge is 2.54. The van der Waals surface area contributed by atoms with Crippen molar-refractivity contribution in [2.45, 2.75) is 70.1 Å². The second-order valence-corrected chi connectivity index (χ2v) is 8.64. The number of ether oxygens (including phenoxy) is 1. The van der Waals surface area contributed by atoms with Crippen molar-refractivity contribution in [1.29, 1.82) is 0 Å². The third-order valence-corrected chi connectivity index (χ3v) is 5.52. The van der Waals surface area contributed by atoms with E-state index in [1.54, 1.807) is 4.90 Å². The Labute approximate surface area is 154 Å².